The molecule has 1 saturated carbocycles. The van der Waals surface area contributed by atoms with E-state index in [4.69, 9.17) is 0 Å². The van der Waals surface area contributed by atoms with Crippen LogP contribution >= 0.6 is 0 Å². The van der Waals surface area contributed by atoms with E-state index >= 15 is 0 Å². The predicted molar refractivity (Wildman–Crippen MR) is 77.3 cm³/mol. The van der Waals surface area contributed by atoms with Crippen LogP contribution in [-0.2, 0) is 0 Å². The monoisotopic (exact) mass is 261 g/mol. The van der Waals surface area contributed by atoms with Gasteiger partial charge in [0.2, 0.25) is 0 Å². The zero-order chi connectivity index (χ0) is 13.7. The van der Waals surface area contributed by atoms with Gasteiger partial charge in [0.15, 0.2) is 0 Å². The maximum atomic E-state index is 12.2. The smallest absolute Gasteiger partial charge is 0.251 e. The first-order valence-corrected chi connectivity index (χ1v) is 7.21. The molecule has 0 radical (unpaired) electrons. The molecule has 2 N–H and O–H groups in total. The van der Waals surface area contributed by atoms with Crippen LogP contribution < -0.4 is 10.6 Å². The second-order valence-electron chi connectivity index (χ2n) is 5.34. The van der Waals surface area contributed by atoms with E-state index in [0.29, 0.717) is 17.5 Å². The molecule has 2 rings (SSSR count). The number of nitrogens with one attached hydrogen (secondary N) is 2. The van der Waals surface area contributed by atoms with Gasteiger partial charge in [-0.25, -0.2) is 4.98 Å². The molecule has 1 aromatic rings. The van der Waals surface area contributed by atoms with Crippen molar-refractivity contribution in [2.45, 2.75) is 45.6 Å². The predicted octanol–water partition coefficient (Wildman–Crippen LogP) is 2.82. The molecule has 0 bridgehead atoms. The minimum atomic E-state index is 0.0145. The van der Waals surface area contributed by atoms with Crippen LogP contribution in [0.1, 0.15) is 49.9 Å². The zero-order valence-corrected chi connectivity index (χ0v) is 11.8. The average Bonchev–Trinajstić information content (AvgIpc) is 2.82. The highest BCUT2D eigenvalue weighted by atomic mass is 16.1. The largest absolute Gasteiger partial charge is 0.370 e. The topological polar surface area (TPSA) is 54.0 Å². The summed E-state index contributed by atoms with van der Waals surface area (Å²) in [6.07, 6.45) is 6.25. The summed E-state index contributed by atoms with van der Waals surface area (Å²) in [7, 11) is 0. The molecule has 4 nitrogen and oxygen atoms in total. The van der Waals surface area contributed by atoms with Crippen LogP contribution in [0, 0.1) is 5.92 Å². The molecular weight excluding hydrogens is 238 g/mol. The fourth-order valence-electron chi connectivity index (χ4n) is 2.53. The number of hydrogen-bond acceptors (Lipinski definition) is 3. The van der Waals surface area contributed by atoms with E-state index in [0.717, 1.165) is 25.2 Å². The van der Waals surface area contributed by atoms with Gasteiger partial charge in [0.05, 0.1) is 0 Å². The van der Waals surface area contributed by atoms with E-state index in [1.807, 2.05) is 6.07 Å². The van der Waals surface area contributed by atoms with Crippen molar-refractivity contribution in [3.8, 4) is 0 Å². The van der Waals surface area contributed by atoms with Gasteiger partial charge < -0.3 is 10.6 Å². The Morgan fingerprint density at radius 2 is 2.32 bits per heavy atom. The van der Waals surface area contributed by atoms with Gasteiger partial charge in [-0.3, -0.25) is 4.79 Å². The number of pyridine rings is 1. The highest BCUT2D eigenvalue weighted by molar-refractivity contribution is 5.95. The summed E-state index contributed by atoms with van der Waals surface area (Å²) in [4.78, 5) is 16.4. The highest BCUT2D eigenvalue weighted by Crippen LogP contribution is 2.25. The molecule has 0 aromatic carbocycles. The Morgan fingerprint density at radius 1 is 1.47 bits per heavy atom. The van der Waals surface area contributed by atoms with Crippen LogP contribution in [0.4, 0.5) is 5.82 Å². The lowest BCUT2D eigenvalue weighted by Gasteiger charge is -2.17. The second-order valence-corrected chi connectivity index (χ2v) is 5.34. The summed E-state index contributed by atoms with van der Waals surface area (Å²) in [5, 5.41) is 6.33. The maximum Gasteiger partial charge on any atom is 0.251 e. The Labute approximate surface area is 115 Å². The van der Waals surface area contributed by atoms with Crippen molar-refractivity contribution in [3.63, 3.8) is 0 Å². The summed E-state index contributed by atoms with van der Waals surface area (Å²) in [5.74, 6) is 1.37. The van der Waals surface area contributed by atoms with E-state index < -0.39 is 0 Å². The Bertz CT molecular complexity index is 433. The minimum absolute atomic E-state index is 0.0145. The molecule has 0 aliphatic heterocycles. The standard InChI is InChI=1S/C15H23N3O/c1-3-8-16-14-10-12(7-9-17-14)15(19)18-13-6-4-5-11(13)2/h7,9-11,13H,3-6,8H2,1-2H3,(H,16,17)(H,18,19). The van der Waals surface area contributed by atoms with Crippen LogP contribution in [0.15, 0.2) is 18.3 Å². The number of aromatic nitrogens is 1. The van der Waals surface area contributed by atoms with E-state index in [1.54, 1.807) is 12.3 Å². The second kappa shape index (κ2) is 6.55. The van der Waals surface area contributed by atoms with Crippen LogP contribution in [-0.4, -0.2) is 23.5 Å². The average molecular weight is 261 g/mol. The molecule has 4 heteroatoms. The third kappa shape index (κ3) is 3.69. The first-order chi connectivity index (χ1) is 9.20. The van der Waals surface area contributed by atoms with Gasteiger partial charge in [-0.05, 0) is 37.3 Å². The molecule has 1 heterocycles. The Hall–Kier alpha value is -1.58. The lowest BCUT2D eigenvalue weighted by molar-refractivity contribution is 0.0929. The molecule has 1 aliphatic carbocycles. The van der Waals surface area contributed by atoms with Gasteiger partial charge in [0.25, 0.3) is 5.91 Å². The van der Waals surface area contributed by atoms with E-state index in [1.165, 1.54) is 12.8 Å². The van der Waals surface area contributed by atoms with Gasteiger partial charge in [-0.1, -0.05) is 20.3 Å². The number of anilines is 1. The van der Waals surface area contributed by atoms with Crippen LogP contribution in [0.5, 0.6) is 0 Å². The van der Waals surface area contributed by atoms with Gasteiger partial charge in [0.1, 0.15) is 5.82 Å². The third-order valence-electron chi connectivity index (χ3n) is 3.76. The van der Waals surface area contributed by atoms with Gasteiger partial charge in [-0.2, -0.15) is 0 Å². The van der Waals surface area contributed by atoms with Crippen molar-refractivity contribution in [1.29, 1.82) is 0 Å². The van der Waals surface area contributed by atoms with Crippen molar-refractivity contribution in [3.05, 3.63) is 23.9 Å². The van der Waals surface area contributed by atoms with Gasteiger partial charge in [-0.15, -0.1) is 0 Å². The van der Waals surface area contributed by atoms with Crippen molar-refractivity contribution < 1.29 is 4.79 Å². The van der Waals surface area contributed by atoms with Gasteiger partial charge in [0, 0.05) is 24.3 Å². The summed E-state index contributed by atoms with van der Waals surface area (Å²) in [5.41, 5.74) is 0.688. The van der Waals surface area contributed by atoms with Crippen LogP contribution in [0.25, 0.3) is 0 Å². The van der Waals surface area contributed by atoms with E-state index in [9.17, 15) is 4.79 Å². The summed E-state index contributed by atoms with van der Waals surface area (Å²) in [6, 6.07) is 3.92. The lowest BCUT2D eigenvalue weighted by Crippen LogP contribution is -2.36. The molecule has 0 saturated heterocycles. The summed E-state index contributed by atoms with van der Waals surface area (Å²) >= 11 is 0. The zero-order valence-electron chi connectivity index (χ0n) is 11.8. The highest BCUT2D eigenvalue weighted by Gasteiger charge is 2.25. The molecule has 0 spiro atoms. The molecule has 19 heavy (non-hydrogen) atoms. The molecule has 1 aromatic heterocycles. The SMILES string of the molecule is CCCNc1cc(C(=O)NC2CCCC2C)ccn1. The lowest BCUT2D eigenvalue weighted by atomic mass is 10.1. The van der Waals surface area contributed by atoms with Crippen molar-refractivity contribution in [2.75, 3.05) is 11.9 Å². The molecule has 2 unspecified atom stereocenters. The summed E-state index contributed by atoms with van der Waals surface area (Å²) < 4.78 is 0. The Morgan fingerprint density at radius 3 is 3.00 bits per heavy atom. The molecule has 104 valence electrons. The fourth-order valence-corrected chi connectivity index (χ4v) is 2.53. The van der Waals surface area contributed by atoms with Gasteiger partial charge >= 0.3 is 0 Å². The fraction of sp³-hybridized carbons (Fsp3) is 0.600. The quantitative estimate of drug-likeness (QED) is 0.857. The molecule has 1 aliphatic rings. The molecule has 1 amide bonds. The molecule has 2 atom stereocenters. The number of carbonyl (C=O) groups is 1. The van der Waals surface area contributed by atoms with Crippen molar-refractivity contribution in [2.24, 2.45) is 5.92 Å². The molecular formula is C15H23N3O. The first-order valence-electron chi connectivity index (χ1n) is 7.21. The Balaban J connectivity index is 1.98. The van der Waals surface area contributed by atoms with Crippen molar-refractivity contribution >= 4 is 11.7 Å². The maximum absolute atomic E-state index is 12.2. The number of hydrogen-bond donors (Lipinski definition) is 2. The van der Waals surface area contributed by atoms with E-state index in [-0.39, 0.29) is 5.91 Å². The number of amides is 1. The first kappa shape index (κ1) is 13.8. The third-order valence-corrected chi connectivity index (χ3v) is 3.76. The van der Waals surface area contributed by atoms with Crippen molar-refractivity contribution in [1.82, 2.24) is 10.3 Å². The normalized spacial score (nSPS) is 22.2. The summed E-state index contributed by atoms with van der Waals surface area (Å²) in [6.45, 7) is 5.18. The van der Waals surface area contributed by atoms with Crippen LogP contribution in [0.3, 0.4) is 0 Å². The Kier molecular flexibility index (Phi) is 4.77. The molecule has 1 fully saturated rings. The minimum Gasteiger partial charge on any atom is -0.370 e. The number of rotatable bonds is 5. The number of nitrogens with zero attached hydrogens (tertiary/aromatic N) is 1. The van der Waals surface area contributed by atoms with E-state index in [2.05, 4.69) is 29.5 Å². The number of carbonyl (C=O) groups excluding carboxylic acids is 1. The van der Waals surface area contributed by atoms with Crippen LogP contribution in [0.2, 0.25) is 0 Å².